The van der Waals surface area contributed by atoms with Gasteiger partial charge < -0.3 is 4.74 Å². The van der Waals surface area contributed by atoms with Gasteiger partial charge in [-0.3, -0.25) is 0 Å². The molecule has 0 aromatic heterocycles. The molecule has 14 heavy (non-hydrogen) atoms. The van der Waals surface area contributed by atoms with Gasteiger partial charge in [-0.25, -0.2) is 0 Å². The van der Waals surface area contributed by atoms with Crippen molar-refractivity contribution in [3.05, 3.63) is 6.92 Å². The van der Waals surface area contributed by atoms with E-state index in [2.05, 4.69) is 6.92 Å². The summed E-state index contributed by atoms with van der Waals surface area (Å²) >= 11 is 5.55. The van der Waals surface area contributed by atoms with E-state index in [-0.39, 0.29) is 0 Å². The highest BCUT2D eigenvalue weighted by Crippen LogP contribution is 2.04. The van der Waals surface area contributed by atoms with Gasteiger partial charge in [0.25, 0.3) is 0 Å². The molecule has 85 valence electrons. The third-order valence-corrected chi connectivity index (χ3v) is 2.48. The molecule has 0 amide bonds. The number of alkyl halides is 1. The molecule has 0 aromatic rings. The van der Waals surface area contributed by atoms with E-state index >= 15 is 0 Å². The molecule has 1 nitrogen and oxygen atoms in total. The molecular formula is C12H24ClO. The summed E-state index contributed by atoms with van der Waals surface area (Å²) in [6.07, 6.45) is 9.70. The van der Waals surface area contributed by atoms with Crippen LogP contribution in [0.15, 0.2) is 0 Å². The van der Waals surface area contributed by atoms with Gasteiger partial charge in [-0.05, 0) is 19.3 Å². The Morgan fingerprint density at radius 3 is 2.00 bits per heavy atom. The van der Waals surface area contributed by atoms with Crippen molar-refractivity contribution >= 4 is 11.6 Å². The van der Waals surface area contributed by atoms with E-state index in [9.17, 15) is 0 Å². The Morgan fingerprint density at radius 2 is 1.36 bits per heavy atom. The number of rotatable bonds is 11. The summed E-state index contributed by atoms with van der Waals surface area (Å²) < 4.78 is 5.47. The summed E-state index contributed by atoms with van der Waals surface area (Å²) in [6.45, 7) is 5.63. The van der Waals surface area contributed by atoms with Crippen molar-refractivity contribution < 1.29 is 4.74 Å². The van der Waals surface area contributed by atoms with Crippen LogP contribution >= 0.6 is 11.6 Å². The maximum Gasteiger partial charge on any atom is 0.0466 e. The second-order valence-corrected chi connectivity index (χ2v) is 4.01. The Kier molecular flexibility index (Phi) is 13.5. The van der Waals surface area contributed by atoms with E-state index < -0.39 is 0 Å². The van der Waals surface area contributed by atoms with E-state index in [4.69, 9.17) is 16.3 Å². The van der Waals surface area contributed by atoms with Crippen molar-refractivity contribution in [1.29, 1.82) is 0 Å². The molecule has 0 heterocycles. The predicted octanol–water partition coefficient (Wildman–Crippen LogP) is 4.20. The normalized spacial score (nSPS) is 10.7. The maximum absolute atomic E-state index is 5.55. The Bertz CT molecular complexity index is 84.3. The predicted molar refractivity (Wildman–Crippen MR) is 63.8 cm³/mol. The minimum Gasteiger partial charge on any atom is -0.381 e. The van der Waals surface area contributed by atoms with Crippen molar-refractivity contribution in [3.63, 3.8) is 0 Å². The first-order valence-electron chi connectivity index (χ1n) is 5.84. The molecule has 0 aliphatic carbocycles. The van der Waals surface area contributed by atoms with Crippen LogP contribution < -0.4 is 0 Å². The van der Waals surface area contributed by atoms with Gasteiger partial charge in [0.05, 0.1) is 0 Å². The SMILES string of the molecule is [CH2]CCCCCCCOCCCCCl. The molecule has 0 aliphatic rings. The number of ether oxygens (including phenoxy) is 1. The highest BCUT2D eigenvalue weighted by atomic mass is 35.5. The molecule has 0 N–H and O–H groups in total. The van der Waals surface area contributed by atoms with Crippen LogP contribution in [0.25, 0.3) is 0 Å². The standard InChI is InChI=1S/C12H24ClO/c1-2-3-4-5-6-8-11-14-12-9-7-10-13/h1-12H2. The fraction of sp³-hybridized carbons (Fsp3) is 0.917. The van der Waals surface area contributed by atoms with Crippen molar-refractivity contribution in [2.24, 2.45) is 0 Å². The summed E-state index contributed by atoms with van der Waals surface area (Å²) in [5, 5.41) is 0. The molecule has 0 bridgehead atoms. The van der Waals surface area contributed by atoms with Crippen molar-refractivity contribution in [2.45, 2.75) is 51.4 Å². The van der Waals surface area contributed by atoms with Gasteiger partial charge in [-0.15, -0.1) is 11.6 Å². The zero-order chi connectivity index (χ0) is 10.5. The fourth-order valence-corrected chi connectivity index (χ4v) is 1.50. The smallest absolute Gasteiger partial charge is 0.0466 e. The Hall–Kier alpha value is 0.250. The van der Waals surface area contributed by atoms with E-state index in [1.807, 2.05) is 0 Å². The molecule has 0 rings (SSSR count). The first kappa shape index (κ1) is 14.2. The number of halogens is 1. The molecule has 0 aliphatic heterocycles. The van der Waals surface area contributed by atoms with Gasteiger partial charge in [0.15, 0.2) is 0 Å². The van der Waals surface area contributed by atoms with Crippen LogP contribution in [0.1, 0.15) is 51.4 Å². The minimum atomic E-state index is 0.758. The quantitative estimate of drug-likeness (QED) is 0.374. The number of hydrogen-bond acceptors (Lipinski definition) is 1. The topological polar surface area (TPSA) is 9.23 Å². The highest BCUT2D eigenvalue weighted by molar-refractivity contribution is 6.17. The monoisotopic (exact) mass is 219 g/mol. The van der Waals surface area contributed by atoms with Crippen molar-refractivity contribution in [1.82, 2.24) is 0 Å². The average molecular weight is 220 g/mol. The maximum atomic E-state index is 5.55. The third-order valence-electron chi connectivity index (χ3n) is 2.21. The molecule has 0 atom stereocenters. The second kappa shape index (κ2) is 13.2. The molecule has 0 saturated heterocycles. The van der Waals surface area contributed by atoms with Crippen LogP contribution in [0.5, 0.6) is 0 Å². The van der Waals surface area contributed by atoms with Gasteiger partial charge in [0, 0.05) is 19.1 Å². The van der Waals surface area contributed by atoms with E-state index in [1.165, 1.54) is 32.1 Å². The third kappa shape index (κ3) is 12.2. The van der Waals surface area contributed by atoms with Gasteiger partial charge in [0.2, 0.25) is 0 Å². The van der Waals surface area contributed by atoms with E-state index in [1.54, 1.807) is 0 Å². The van der Waals surface area contributed by atoms with Crippen LogP contribution in [-0.2, 0) is 4.74 Å². The Morgan fingerprint density at radius 1 is 0.786 bits per heavy atom. The van der Waals surface area contributed by atoms with E-state index in [0.29, 0.717) is 0 Å². The lowest BCUT2D eigenvalue weighted by Gasteiger charge is -2.03. The molecule has 0 aromatic carbocycles. The van der Waals surface area contributed by atoms with Gasteiger partial charge >= 0.3 is 0 Å². The first-order valence-corrected chi connectivity index (χ1v) is 6.38. The Labute approximate surface area is 94.2 Å². The first-order chi connectivity index (χ1) is 6.91. The van der Waals surface area contributed by atoms with E-state index in [0.717, 1.165) is 38.4 Å². The summed E-state index contributed by atoms with van der Waals surface area (Å²) in [6, 6.07) is 0. The number of hydrogen-bond donors (Lipinski definition) is 0. The lowest BCUT2D eigenvalue weighted by molar-refractivity contribution is 0.127. The summed E-state index contributed by atoms with van der Waals surface area (Å²) in [5.74, 6) is 0.758. The molecule has 0 saturated carbocycles. The summed E-state index contributed by atoms with van der Waals surface area (Å²) in [7, 11) is 0. The van der Waals surface area contributed by atoms with Gasteiger partial charge in [-0.2, -0.15) is 0 Å². The zero-order valence-corrected chi connectivity index (χ0v) is 10.0. The lowest BCUT2D eigenvalue weighted by Crippen LogP contribution is -1.97. The molecule has 0 spiro atoms. The molecule has 1 radical (unpaired) electrons. The van der Waals surface area contributed by atoms with Crippen molar-refractivity contribution in [2.75, 3.05) is 19.1 Å². The number of unbranched alkanes of at least 4 members (excludes halogenated alkanes) is 6. The molecular weight excluding hydrogens is 196 g/mol. The average Bonchev–Trinajstić information content (AvgIpc) is 2.21. The highest BCUT2D eigenvalue weighted by Gasteiger charge is 1.91. The molecule has 0 fully saturated rings. The Balaban J connectivity index is 2.78. The second-order valence-electron chi connectivity index (χ2n) is 3.63. The van der Waals surface area contributed by atoms with Gasteiger partial charge in [-0.1, -0.05) is 39.0 Å². The van der Waals surface area contributed by atoms with Crippen LogP contribution in [0.4, 0.5) is 0 Å². The summed E-state index contributed by atoms with van der Waals surface area (Å²) in [5.41, 5.74) is 0. The molecule has 2 heteroatoms. The largest absolute Gasteiger partial charge is 0.381 e. The van der Waals surface area contributed by atoms with Crippen LogP contribution in [-0.4, -0.2) is 19.1 Å². The van der Waals surface area contributed by atoms with Gasteiger partial charge in [0.1, 0.15) is 0 Å². The zero-order valence-electron chi connectivity index (χ0n) is 9.27. The summed E-state index contributed by atoms with van der Waals surface area (Å²) in [4.78, 5) is 0. The molecule has 0 unspecified atom stereocenters. The lowest BCUT2D eigenvalue weighted by atomic mass is 10.1. The van der Waals surface area contributed by atoms with Crippen molar-refractivity contribution in [3.8, 4) is 0 Å². The minimum absolute atomic E-state index is 0.758. The van der Waals surface area contributed by atoms with Crippen LogP contribution in [0, 0.1) is 6.92 Å². The fourth-order valence-electron chi connectivity index (χ4n) is 1.31. The van der Waals surface area contributed by atoms with Crippen LogP contribution in [0.3, 0.4) is 0 Å². The van der Waals surface area contributed by atoms with Crippen LogP contribution in [0.2, 0.25) is 0 Å².